The van der Waals surface area contributed by atoms with Gasteiger partial charge in [-0.2, -0.15) is 0 Å². The van der Waals surface area contributed by atoms with Gasteiger partial charge in [0.25, 0.3) is 0 Å². The van der Waals surface area contributed by atoms with Crippen molar-refractivity contribution in [3.8, 4) is 17.1 Å². The van der Waals surface area contributed by atoms with Crippen molar-refractivity contribution < 1.29 is 56.0 Å². The first-order chi connectivity index (χ1) is 41.5. The van der Waals surface area contributed by atoms with E-state index in [-0.39, 0.29) is 16.2 Å². The quantitative estimate of drug-likeness (QED) is 0.117. The van der Waals surface area contributed by atoms with Crippen molar-refractivity contribution >= 4 is 67.7 Å². The second kappa shape index (κ2) is 25.0. The van der Waals surface area contributed by atoms with Gasteiger partial charge in [0, 0.05) is 130 Å². The van der Waals surface area contributed by atoms with Gasteiger partial charge >= 0.3 is 17.9 Å². The molecule has 12 rings (SSSR count). The summed E-state index contributed by atoms with van der Waals surface area (Å²) in [6, 6.07) is 24.3. The smallest absolute Gasteiger partial charge is 0.341 e. The highest BCUT2D eigenvalue weighted by Crippen LogP contribution is 2.32. The van der Waals surface area contributed by atoms with Crippen molar-refractivity contribution in [1.29, 1.82) is 0 Å². The Morgan fingerprint density at radius 3 is 0.770 bits per heavy atom. The summed E-state index contributed by atoms with van der Waals surface area (Å²) >= 11 is 0. The zero-order chi connectivity index (χ0) is 62.1. The SMILES string of the molecule is CN1CCN(c2cc3c(cc2F)c(=O)c(C(=O)O)cn3-c2ccc(F)cc2)CC1.CN1CCN(c2cc3c(cc2F)c(=O)c(C(=O)O)cn3-c2ccc(F)cc2)CC1.CN1CCN(c2cc3c(cc2F)c(=O)c(C(=O)O)cn3-c2ccc(F)cc2)CC1. The lowest BCUT2D eigenvalue weighted by atomic mass is 10.1. The van der Waals surface area contributed by atoms with Gasteiger partial charge in [-0.1, -0.05) is 0 Å². The van der Waals surface area contributed by atoms with E-state index in [4.69, 9.17) is 0 Å². The molecule has 3 aliphatic rings. The number of pyridine rings is 3. The molecule has 0 unspecified atom stereocenters. The Hall–Kier alpha value is -9.78. The monoisotopic (exact) mass is 1200 g/mol. The Bertz CT molecular complexity index is 3890. The lowest BCUT2D eigenvalue weighted by Gasteiger charge is -2.34. The average Bonchev–Trinajstić information content (AvgIpc) is 1.01. The van der Waals surface area contributed by atoms with E-state index in [0.29, 0.717) is 89.9 Å². The van der Waals surface area contributed by atoms with Gasteiger partial charge in [0.1, 0.15) is 51.6 Å². The predicted octanol–water partition coefficient (Wildman–Crippen LogP) is 8.16. The number of halogens is 6. The molecule has 3 saturated heterocycles. The van der Waals surface area contributed by atoms with E-state index in [1.165, 1.54) is 105 Å². The lowest BCUT2D eigenvalue weighted by molar-refractivity contribution is 0.0684. The predicted molar refractivity (Wildman–Crippen MR) is 318 cm³/mol. The van der Waals surface area contributed by atoms with Gasteiger partial charge < -0.3 is 58.4 Å². The number of nitrogens with zero attached hydrogens (tertiary/aromatic N) is 9. The number of anilines is 3. The molecular formula is C63H57F6N9O9. The van der Waals surface area contributed by atoms with E-state index in [1.54, 1.807) is 18.2 Å². The Labute approximate surface area is 492 Å². The number of fused-ring (bicyclic) bond motifs is 3. The van der Waals surface area contributed by atoms with Gasteiger partial charge in [-0.05, 0) is 130 Å². The van der Waals surface area contributed by atoms with Crippen LogP contribution in [0, 0.1) is 34.9 Å². The molecule has 0 bridgehead atoms. The average molecular weight is 1200 g/mol. The number of carbonyl (C=O) groups is 3. The van der Waals surface area contributed by atoms with E-state index in [2.05, 4.69) is 14.7 Å². The highest BCUT2D eigenvalue weighted by atomic mass is 19.1. The molecule has 0 radical (unpaired) electrons. The van der Waals surface area contributed by atoms with E-state index in [9.17, 15) is 70.4 Å². The molecule has 9 aromatic rings. The van der Waals surface area contributed by atoms with Crippen molar-refractivity contribution in [2.75, 3.05) is 114 Å². The molecule has 6 aromatic carbocycles. The first-order valence-electron chi connectivity index (χ1n) is 27.5. The summed E-state index contributed by atoms with van der Waals surface area (Å²) in [4.78, 5) is 84.7. The highest BCUT2D eigenvalue weighted by molar-refractivity contribution is 5.96. The van der Waals surface area contributed by atoms with Gasteiger partial charge in [-0.15, -0.1) is 0 Å². The number of benzene rings is 6. The van der Waals surface area contributed by atoms with E-state index >= 15 is 0 Å². The summed E-state index contributed by atoms with van der Waals surface area (Å²) in [6.07, 6.45) is 3.60. The normalized spacial score (nSPS) is 15.1. The standard InChI is InChI=1S/3C21H19F2N3O3/c3*1-24-6-8-25(9-7-24)19-11-18-15(10-17(19)23)20(27)16(21(28)29)12-26(18)14-4-2-13(22)3-5-14/h3*2-5,10-12H,6-9H2,1H3,(H,28,29). The fourth-order valence-corrected chi connectivity index (χ4v) is 10.8. The van der Waals surface area contributed by atoms with Gasteiger partial charge in [-0.3, -0.25) is 14.4 Å². The van der Waals surface area contributed by atoms with Crippen molar-refractivity contribution in [1.82, 2.24) is 28.4 Å². The van der Waals surface area contributed by atoms with Crippen LogP contribution in [0.25, 0.3) is 49.8 Å². The molecule has 0 saturated carbocycles. The Balaban J connectivity index is 0.000000144. The number of likely N-dealkylation sites (N-methyl/N-ethyl adjacent to an activating group) is 3. The van der Waals surface area contributed by atoms with Crippen LogP contribution in [0.15, 0.2) is 142 Å². The molecular weight excluding hydrogens is 1140 g/mol. The molecule has 3 aliphatic heterocycles. The third-order valence-electron chi connectivity index (χ3n) is 15.8. The van der Waals surface area contributed by atoms with E-state index < -0.39 is 85.8 Å². The topological polar surface area (TPSA) is 197 Å². The second-order valence-electron chi connectivity index (χ2n) is 21.4. The molecule has 0 spiro atoms. The molecule has 3 aromatic heterocycles. The van der Waals surface area contributed by atoms with Crippen LogP contribution < -0.4 is 31.0 Å². The summed E-state index contributed by atoms with van der Waals surface area (Å²) in [6.45, 7) is 8.46. The second-order valence-corrected chi connectivity index (χ2v) is 21.4. The zero-order valence-electron chi connectivity index (χ0n) is 47.2. The molecule has 24 heteroatoms. The highest BCUT2D eigenvalue weighted by Gasteiger charge is 2.26. The van der Waals surface area contributed by atoms with Crippen molar-refractivity contribution in [2.24, 2.45) is 0 Å². The summed E-state index contributed by atoms with van der Waals surface area (Å²) < 4.78 is 89.3. The van der Waals surface area contributed by atoms with Crippen molar-refractivity contribution in [3.05, 3.63) is 210 Å². The van der Waals surface area contributed by atoms with Crippen LogP contribution in [-0.4, -0.2) is 161 Å². The molecule has 0 aliphatic carbocycles. The number of hydrogen-bond donors (Lipinski definition) is 3. The molecule has 6 heterocycles. The van der Waals surface area contributed by atoms with Crippen LogP contribution in [0.4, 0.5) is 43.4 Å². The molecule has 0 amide bonds. The van der Waals surface area contributed by atoms with Gasteiger partial charge in [0.15, 0.2) is 0 Å². The minimum absolute atomic E-state index is 0.0374. The van der Waals surface area contributed by atoms with Crippen LogP contribution in [0.2, 0.25) is 0 Å². The van der Waals surface area contributed by atoms with E-state index in [0.717, 1.165) is 57.5 Å². The minimum Gasteiger partial charge on any atom is -0.477 e. The van der Waals surface area contributed by atoms with Gasteiger partial charge in [0.05, 0.1) is 33.6 Å². The Morgan fingerprint density at radius 1 is 0.345 bits per heavy atom. The molecule has 18 nitrogen and oxygen atoms in total. The van der Waals surface area contributed by atoms with Gasteiger partial charge in [-0.25, -0.2) is 40.7 Å². The number of rotatable bonds is 9. The fourth-order valence-electron chi connectivity index (χ4n) is 10.8. The molecule has 450 valence electrons. The summed E-state index contributed by atoms with van der Waals surface area (Å²) in [5.41, 5.74) is -0.156. The van der Waals surface area contributed by atoms with Crippen molar-refractivity contribution in [3.63, 3.8) is 0 Å². The first-order valence-corrected chi connectivity index (χ1v) is 27.5. The molecule has 3 N–H and O–H groups in total. The first kappa shape index (κ1) is 60.3. The molecule has 3 fully saturated rings. The fraction of sp³-hybridized carbons (Fsp3) is 0.238. The number of aromatic nitrogens is 3. The van der Waals surface area contributed by atoms with Crippen LogP contribution in [0.3, 0.4) is 0 Å². The molecule has 87 heavy (non-hydrogen) atoms. The summed E-state index contributed by atoms with van der Waals surface area (Å²) in [5, 5.41) is 28.1. The van der Waals surface area contributed by atoms with E-state index in [1.807, 2.05) is 35.8 Å². The Morgan fingerprint density at radius 2 is 0.563 bits per heavy atom. The lowest BCUT2D eigenvalue weighted by Crippen LogP contribution is -2.44. The van der Waals surface area contributed by atoms with Crippen LogP contribution >= 0.6 is 0 Å². The van der Waals surface area contributed by atoms with Crippen LogP contribution in [0.5, 0.6) is 0 Å². The van der Waals surface area contributed by atoms with Crippen LogP contribution in [-0.2, 0) is 0 Å². The third-order valence-corrected chi connectivity index (χ3v) is 15.8. The number of hydrogen-bond acceptors (Lipinski definition) is 12. The third kappa shape index (κ3) is 12.6. The maximum absolute atomic E-state index is 14.9. The number of piperazine rings is 3. The number of aromatic carboxylic acids is 3. The maximum Gasteiger partial charge on any atom is 0.341 e. The number of carboxylic acids is 3. The van der Waals surface area contributed by atoms with Crippen LogP contribution in [0.1, 0.15) is 31.1 Å². The minimum atomic E-state index is -1.41. The molecule has 0 atom stereocenters. The number of carboxylic acid groups (broad SMARTS) is 3. The summed E-state index contributed by atoms with van der Waals surface area (Å²) in [5.74, 6) is -7.28. The maximum atomic E-state index is 14.9. The van der Waals surface area contributed by atoms with Gasteiger partial charge in [0.2, 0.25) is 16.3 Å². The zero-order valence-corrected chi connectivity index (χ0v) is 47.2. The largest absolute Gasteiger partial charge is 0.477 e. The van der Waals surface area contributed by atoms with Crippen molar-refractivity contribution in [2.45, 2.75) is 0 Å². The summed E-state index contributed by atoms with van der Waals surface area (Å²) in [7, 11) is 5.98. The Kier molecular flexibility index (Phi) is 17.4.